The lowest BCUT2D eigenvalue weighted by Gasteiger charge is -2.08. The van der Waals surface area contributed by atoms with E-state index in [-0.39, 0.29) is 11.8 Å². The van der Waals surface area contributed by atoms with Crippen molar-refractivity contribution in [2.24, 2.45) is 5.73 Å². The molecule has 1 fully saturated rings. The average Bonchev–Trinajstić information content (AvgIpc) is 3.29. The zero-order chi connectivity index (χ0) is 18.0. The summed E-state index contributed by atoms with van der Waals surface area (Å²) in [6.45, 7) is 4.15. The van der Waals surface area contributed by atoms with Gasteiger partial charge in [-0.1, -0.05) is 19.4 Å². The number of hydrogen-bond donors (Lipinski definition) is 2. The predicted molar refractivity (Wildman–Crippen MR) is 102 cm³/mol. The second-order valence-electron chi connectivity index (χ2n) is 6.71. The number of nitrogens with two attached hydrogens (primary N) is 1. The Morgan fingerprint density at radius 2 is 2.04 bits per heavy atom. The predicted octanol–water partition coefficient (Wildman–Crippen LogP) is 4.06. The molecular weight excluding hydrogens is 332 g/mol. The number of aryl methyl sites for hydroxylation is 2. The van der Waals surface area contributed by atoms with Crippen molar-refractivity contribution in [2.75, 3.05) is 0 Å². The standard InChI is InChI=1S/C20H24N2O2S/c1-3-4-5-13-11-17(25-18(13)19(21)23)16-10-14(7-6-12(16)2)20(24)22-15-8-9-15/h6-7,10-11,15H,3-5,8-9H2,1-2H3,(H2,21,23)(H,22,24). The summed E-state index contributed by atoms with van der Waals surface area (Å²) in [4.78, 5) is 25.7. The molecule has 0 spiro atoms. The van der Waals surface area contributed by atoms with E-state index in [1.165, 1.54) is 11.3 Å². The number of carbonyl (C=O) groups is 2. The van der Waals surface area contributed by atoms with E-state index >= 15 is 0 Å². The molecule has 1 aromatic carbocycles. The number of carbonyl (C=O) groups excluding carboxylic acids is 2. The molecule has 0 radical (unpaired) electrons. The molecule has 2 aromatic rings. The molecule has 0 aliphatic heterocycles. The Balaban J connectivity index is 1.94. The molecule has 132 valence electrons. The van der Waals surface area contributed by atoms with Gasteiger partial charge in [0.05, 0.1) is 4.88 Å². The molecule has 5 heteroatoms. The van der Waals surface area contributed by atoms with E-state index in [0.29, 0.717) is 16.5 Å². The Morgan fingerprint density at radius 1 is 1.28 bits per heavy atom. The van der Waals surface area contributed by atoms with Gasteiger partial charge in [-0.3, -0.25) is 9.59 Å². The van der Waals surface area contributed by atoms with E-state index in [2.05, 4.69) is 18.3 Å². The van der Waals surface area contributed by atoms with E-state index in [1.54, 1.807) is 0 Å². The van der Waals surface area contributed by atoms with Crippen molar-refractivity contribution >= 4 is 23.2 Å². The lowest BCUT2D eigenvalue weighted by Crippen LogP contribution is -2.25. The zero-order valence-electron chi connectivity index (χ0n) is 14.7. The fourth-order valence-corrected chi connectivity index (χ4v) is 3.99. The van der Waals surface area contributed by atoms with Gasteiger partial charge in [-0.25, -0.2) is 0 Å². The minimum Gasteiger partial charge on any atom is -0.365 e. The first kappa shape index (κ1) is 17.7. The maximum absolute atomic E-state index is 12.3. The fourth-order valence-electron chi connectivity index (χ4n) is 2.85. The van der Waals surface area contributed by atoms with E-state index < -0.39 is 0 Å². The second-order valence-corrected chi connectivity index (χ2v) is 7.76. The average molecular weight is 356 g/mol. The first-order valence-electron chi connectivity index (χ1n) is 8.84. The quantitative estimate of drug-likeness (QED) is 0.785. The molecule has 0 atom stereocenters. The highest BCUT2D eigenvalue weighted by Crippen LogP contribution is 2.35. The van der Waals surface area contributed by atoms with Gasteiger partial charge >= 0.3 is 0 Å². The van der Waals surface area contributed by atoms with E-state index in [9.17, 15) is 9.59 Å². The molecule has 3 rings (SSSR count). The Kier molecular flexibility index (Phi) is 5.23. The molecular formula is C20H24N2O2S. The first-order valence-corrected chi connectivity index (χ1v) is 9.65. The van der Waals surface area contributed by atoms with Crippen molar-refractivity contribution in [3.63, 3.8) is 0 Å². The second kappa shape index (κ2) is 7.40. The minimum atomic E-state index is -0.373. The molecule has 3 N–H and O–H groups in total. The number of nitrogens with one attached hydrogen (secondary N) is 1. The summed E-state index contributed by atoms with van der Waals surface area (Å²) in [5, 5.41) is 3.02. The summed E-state index contributed by atoms with van der Waals surface area (Å²) in [7, 11) is 0. The zero-order valence-corrected chi connectivity index (χ0v) is 15.5. The largest absolute Gasteiger partial charge is 0.365 e. The van der Waals surface area contributed by atoms with Crippen LogP contribution in [0.2, 0.25) is 0 Å². The third kappa shape index (κ3) is 4.10. The van der Waals surface area contributed by atoms with Crippen LogP contribution in [0, 0.1) is 6.92 Å². The molecule has 25 heavy (non-hydrogen) atoms. The normalized spacial score (nSPS) is 13.7. The highest BCUT2D eigenvalue weighted by Gasteiger charge is 2.24. The van der Waals surface area contributed by atoms with Gasteiger partial charge in [0.1, 0.15) is 0 Å². The maximum atomic E-state index is 12.3. The van der Waals surface area contributed by atoms with Crippen molar-refractivity contribution in [1.82, 2.24) is 5.32 Å². The smallest absolute Gasteiger partial charge is 0.259 e. The topological polar surface area (TPSA) is 72.2 Å². The van der Waals surface area contributed by atoms with Crippen LogP contribution in [0.3, 0.4) is 0 Å². The van der Waals surface area contributed by atoms with Gasteiger partial charge in [0.2, 0.25) is 0 Å². The van der Waals surface area contributed by atoms with Crippen molar-refractivity contribution < 1.29 is 9.59 Å². The van der Waals surface area contributed by atoms with E-state index in [1.807, 2.05) is 25.1 Å². The Morgan fingerprint density at radius 3 is 2.68 bits per heavy atom. The van der Waals surface area contributed by atoms with Gasteiger partial charge < -0.3 is 11.1 Å². The molecule has 1 aliphatic rings. The van der Waals surface area contributed by atoms with Gasteiger partial charge in [-0.2, -0.15) is 0 Å². The summed E-state index contributed by atoms with van der Waals surface area (Å²) in [5.74, 6) is -0.399. The van der Waals surface area contributed by atoms with Crippen molar-refractivity contribution in [3.8, 4) is 10.4 Å². The Bertz CT molecular complexity index is 806. The van der Waals surface area contributed by atoms with Gasteiger partial charge in [0, 0.05) is 16.5 Å². The Hall–Kier alpha value is -2.14. The summed E-state index contributed by atoms with van der Waals surface area (Å²) >= 11 is 1.43. The lowest BCUT2D eigenvalue weighted by molar-refractivity contribution is 0.0949. The highest BCUT2D eigenvalue weighted by molar-refractivity contribution is 7.17. The van der Waals surface area contributed by atoms with Crippen LogP contribution in [-0.4, -0.2) is 17.9 Å². The first-order chi connectivity index (χ1) is 12.0. The molecule has 1 aliphatic carbocycles. The number of rotatable bonds is 7. The minimum absolute atomic E-state index is 0.0263. The number of unbranched alkanes of at least 4 members (excludes halogenated alkanes) is 1. The number of thiophene rings is 1. The van der Waals surface area contributed by atoms with Crippen LogP contribution in [0.5, 0.6) is 0 Å². The lowest BCUT2D eigenvalue weighted by atomic mass is 10.0. The molecule has 1 heterocycles. The van der Waals surface area contributed by atoms with Gasteiger partial charge in [-0.05, 0) is 67.5 Å². The van der Waals surface area contributed by atoms with Crippen LogP contribution in [0.15, 0.2) is 24.3 Å². The maximum Gasteiger partial charge on any atom is 0.259 e. The molecule has 0 bridgehead atoms. The van der Waals surface area contributed by atoms with Crippen LogP contribution in [-0.2, 0) is 6.42 Å². The van der Waals surface area contributed by atoms with Crippen molar-refractivity contribution in [1.29, 1.82) is 0 Å². The summed E-state index contributed by atoms with van der Waals surface area (Å²) < 4.78 is 0. The van der Waals surface area contributed by atoms with Crippen LogP contribution in [0.4, 0.5) is 0 Å². The van der Waals surface area contributed by atoms with Crippen LogP contribution < -0.4 is 11.1 Å². The van der Waals surface area contributed by atoms with Crippen LogP contribution in [0.25, 0.3) is 10.4 Å². The summed E-state index contributed by atoms with van der Waals surface area (Å²) in [6.07, 6.45) is 5.08. The van der Waals surface area contributed by atoms with E-state index in [0.717, 1.165) is 53.7 Å². The number of primary amides is 1. The molecule has 1 aromatic heterocycles. The molecule has 4 nitrogen and oxygen atoms in total. The fraction of sp³-hybridized carbons (Fsp3) is 0.400. The van der Waals surface area contributed by atoms with E-state index in [4.69, 9.17) is 5.73 Å². The molecule has 0 unspecified atom stereocenters. The van der Waals surface area contributed by atoms with Crippen LogP contribution >= 0.6 is 11.3 Å². The molecule has 1 saturated carbocycles. The van der Waals surface area contributed by atoms with Crippen LogP contribution in [0.1, 0.15) is 63.8 Å². The summed E-state index contributed by atoms with van der Waals surface area (Å²) in [5.41, 5.74) is 9.33. The Labute approximate surface area is 152 Å². The number of benzene rings is 1. The molecule has 0 saturated heterocycles. The van der Waals surface area contributed by atoms with Gasteiger partial charge in [-0.15, -0.1) is 11.3 Å². The SMILES string of the molecule is CCCCc1cc(-c2cc(C(=O)NC3CC3)ccc2C)sc1C(N)=O. The summed E-state index contributed by atoms with van der Waals surface area (Å²) in [6, 6.07) is 8.14. The molecule has 2 amide bonds. The number of amides is 2. The van der Waals surface area contributed by atoms with Crippen molar-refractivity contribution in [3.05, 3.63) is 45.8 Å². The monoisotopic (exact) mass is 356 g/mol. The van der Waals surface area contributed by atoms with Gasteiger partial charge in [0.25, 0.3) is 11.8 Å². The van der Waals surface area contributed by atoms with Gasteiger partial charge in [0.15, 0.2) is 0 Å². The third-order valence-corrected chi connectivity index (χ3v) is 5.74. The van der Waals surface area contributed by atoms with Crippen molar-refractivity contribution in [2.45, 2.75) is 52.0 Å². The highest BCUT2D eigenvalue weighted by atomic mass is 32.1. The third-order valence-electron chi connectivity index (χ3n) is 4.51. The number of hydrogen-bond acceptors (Lipinski definition) is 3.